The van der Waals surface area contributed by atoms with E-state index in [1.54, 1.807) is 19.2 Å². The highest BCUT2D eigenvalue weighted by molar-refractivity contribution is 6.33. The molecule has 0 radical (unpaired) electrons. The number of hydrogen-bond acceptors (Lipinski definition) is 8. The fourth-order valence-electron chi connectivity index (χ4n) is 4.97. The van der Waals surface area contributed by atoms with Crippen molar-refractivity contribution in [1.82, 2.24) is 20.3 Å². The van der Waals surface area contributed by atoms with E-state index in [9.17, 15) is 9.59 Å². The number of anilines is 4. The van der Waals surface area contributed by atoms with Gasteiger partial charge in [0.05, 0.1) is 46.6 Å². The van der Waals surface area contributed by atoms with Crippen molar-refractivity contribution in [3.05, 3.63) is 66.5 Å². The van der Waals surface area contributed by atoms with Crippen LogP contribution in [-0.4, -0.2) is 58.8 Å². The Morgan fingerprint density at radius 2 is 1.95 bits per heavy atom. The van der Waals surface area contributed by atoms with E-state index in [0.717, 1.165) is 29.3 Å². The molecule has 2 aromatic carbocycles. The average molecular weight is 618 g/mol. The SMILES string of the molecule is C=CC(=O)Nc1cc(Nc2ncc(Cl)c(-c3c[nH]c4ccccc34)n2)c(OC)cc1N(C)CC1(NC(=O)OC(C)(C)C)CC1. The number of benzene rings is 2. The molecule has 0 spiro atoms. The van der Waals surface area contributed by atoms with Gasteiger partial charge in [-0.2, -0.15) is 0 Å². The number of aromatic nitrogens is 3. The van der Waals surface area contributed by atoms with Gasteiger partial charge in [0, 0.05) is 42.3 Å². The van der Waals surface area contributed by atoms with Gasteiger partial charge in [-0.25, -0.2) is 14.8 Å². The lowest BCUT2D eigenvalue weighted by Crippen LogP contribution is -2.46. The van der Waals surface area contributed by atoms with E-state index < -0.39 is 17.2 Å². The second kappa shape index (κ2) is 12.1. The van der Waals surface area contributed by atoms with E-state index in [-0.39, 0.29) is 11.9 Å². The number of rotatable bonds is 10. The van der Waals surface area contributed by atoms with Crippen molar-refractivity contribution in [3.63, 3.8) is 0 Å². The van der Waals surface area contributed by atoms with Crippen LogP contribution in [0.1, 0.15) is 33.6 Å². The second-order valence-corrected chi connectivity index (χ2v) is 12.2. The number of aromatic amines is 1. The Hall–Kier alpha value is -4.77. The number of alkyl carbamates (subject to hydrolysis) is 1. The molecule has 4 aromatic rings. The van der Waals surface area contributed by atoms with Crippen molar-refractivity contribution in [2.45, 2.75) is 44.8 Å². The Labute approximate surface area is 261 Å². The van der Waals surface area contributed by atoms with Crippen LogP contribution in [0.2, 0.25) is 5.02 Å². The third-order valence-corrected chi connectivity index (χ3v) is 7.44. The highest BCUT2D eigenvalue weighted by Gasteiger charge is 2.46. The minimum absolute atomic E-state index is 0.286. The van der Waals surface area contributed by atoms with Gasteiger partial charge >= 0.3 is 6.09 Å². The molecule has 4 N–H and O–H groups in total. The molecule has 0 bridgehead atoms. The number of methoxy groups -OCH3 is 1. The van der Waals surface area contributed by atoms with E-state index in [1.165, 1.54) is 12.3 Å². The molecule has 5 rings (SSSR count). The smallest absolute Gasteiger partial charge is 0.408 e. The summed E-state index contributed by atoms with van der Waals surface area (Å²) in [6.07, 6.45) is 5.74. The molecule has 11 nitrogen and oxygen atoms in total. The van der Waals surface area contributed by atoms with Crippen LogP contribution in [0.3, 0.4) is 0 Å². The lowest BCUT2D eigenvalue weighted by Gasteiger charge is -2.30. The fourth-order valence-corrected chi connectivity index (χ4v) is 5.17. The standard InChI is InChI=1S/C32H36ClN7O4/c1-7-27(41)36-23-14-24(37-29-35-17-21(33)28(38-29)20-16-34-22-11-9-8-10-19(20)22)26(43-6)15-25(23)40(5)18-32(12-13-32)39-30(42)44-31(2,3)4/h7-11,14-17,34H,1,12-13,18H2,2-6H3,(H,36,41)(H,39,42)(H,35,37,38). The minimum Gasteiger partial charge on any atom is -0.494 e. The number of halogens is 1. The number of nitrogens with one attached hydrogen (secondary N) is 4. The Kier molecular flexibility index (Phi) is 8.42. The van der Waals surface area contributed by atoms with E-state index in [2.05, 4.69) is 32.5 Å². The molecule has 0 atom stereocenters. The zero-order valence-electron chi connectivity index (χ0n) is 25.4. The minimum atomic E-state index is -0.603. The van der Waals surface area contributed by atoms with E-state index in [0.29, 0.717) is 40.1 Å². The van der Waals surface area contributed by atoms with Gasteiger partial charge in [0.15, 0.2) is 0 Å². The first kappa shape index (κ1) is 30.7. The molecule has 44 heavy (non-hydrogen) atoms. The summed E-state index contributed by atoms with van der Waals surface area (Å²) >= 11 is 6.54. The van der Waals surface area contributed by atoms with Gasteiger partial charge in [-0.05, 0) is 51.8 Å². The molecule has 0 saturated heterocycles. The van der Waals surface area contributed by atoms with E-state index in [4.69, 9.17) is 26.1 Å². The van der Waals surface area contributed by atoms with E-state index >= 15 is 0 Å². The van der Waals surface area contributed by atoms with Crippen LogP contribution in [0, 0.1) is 0 Å². The van der Waals surface area contributed by atoms with Crippen molar-refractivity contribution in [2.24, 2.45) is 0 Å². The molecule has 1 fully saturated rings. The highest BCUT2D eigenvalue weighted by Crippen LogP contribution is 2.42. The molecule has 1 aliphatic rings. The van der Waals surface area contributed by atoms with Gasteiger partial charge in [-0.15, -0.1) is 0 Å². The van der Waals surface area contributed by atoms with Crippen LogP contribution in [0.4, 0.5) is 27.8 Å². The summed E-state index contributed by atoms with van der Waals surface area (Å²) in [6, 6.07) is 11.4. The van der Waals surface area contributed by atoms with Crippen molar-refractivity contribution in [3.8, 4) is 17.0 Å². The third kappa shape index (κ3) is 6.89. The van der Waals surface area contributed by atoms with Crippen molar-refractivity contribution >= 4 is 57.5 Å². The van der Waals surface area contributed by atoms with Gasteiger partial charge in [-0.1, -0.05) is 36.4 Å². The van der Waals surface area contributed by atoms with E-state index in [1.807, 2.05) is 63.2 Å². The number of para-hydroxylation sites is 1. The van der Waals surface area contributed by atoms with Crippen LogP contribution in [0.25, 0.3) is 22.2 Å². The van der Waals surface area contributed by atoms with Crippen LogP contribution < -0.4 is 25.6 Å². The van der Waals surface area contributed by atoms with Crippen LogP contribution in [0.15, 0.2) is 61.4 Å². The first-order chi connectivity index (χ1) is 20.9. The van der Waals surface area contributed by atoms with Gasteiger partial charge < -0.3 is 35.3 Å². The fraction of sp³-hybridized carbons (Fsp3) is 0.312. The Balaban J connectivity index is 1.45. The first-order valence-corrected chi connectivity index (χ1v) is 14.5. The highest BCUT2D eigenvalue weighted by atomic mass is 35.5. The lowest BCUT2D eigenvalue weighted by molar-refractivity contribution is -0.111. The van der Waals surface area contributed by atoms with Crippen LogP contribution in [0.5, 0.6) is 5.75 Å². The molecular weight excluding hydrogens is 582 g/mol. The number of H-pyrrole nitrogens is 1. The molecule has 230 valence electrons. The molecular formula is C32H36ClN7O4. The Morgan fingerprint density at radius 3 is 2.64 bits per heavy atom. The molecule has 2 amide bonds. The summed E-state index contributed by atoms with van der Waals surface area (Å²) in [5.74, 6) is 0.391. The number of hydrogen-bond donors (Lipinski definition) is 4. The van der Waals surface area contributed by atoms with Gasteiger partial charge in [0.1, 0.15) is 11.4 Å². The summed E-state index contributed by atoms with van der Waals surface area (Å²) in [4.78, 5) is 39.3. The normalized spacial score (nSPS) is 13.6. The molecule has 1 saturated carbocycles. The summed E-state index contributed by atoms with van der Waals surface area (Å²) in [5.41, 5.74) is 3.01. The first-order valence-electron chi connectivity index (χ1n) is 14.1. The summed E-state index contributed by atoms with van der Waals surface area (Å²) in [7, 11) is 3.44. The number of nitrogens with zero attached hydrogens (tertiary/aromatic N) is 3. The Morgan fingerprint density at radius 1 is 1.20 bits per heavy atom. The number of fused-ring (bicyclic) bond motifs is 1. The van der Waals surface area contributed by atoms with Crippen molar-refractivity contribution in [2.75, 3.05) is 36.2 Å². The van der Waals surface area contributed by atoms with Gasteiger partial charge in [0.25, 0.3) is 0 Å². The number of amides is 2. The summed E-state index contributed by atoms with van der Waals surface area (Å²) in [5, 5.41) is 10.5. The number of carbonyl (C=O) groups is 2. The van der Waals surface area contributed by atoms with Crippen molar-refractivity contribution < 1.29 is 19.1 Å². The quantitative estimate of drug-likeness (QED) is 0.145. The van der Waals surface area contributed by atoms with Crippen molar-refractivity contribution in [1.29, 1.82) is 0 Å². The van der Waals surface area contributed by atoms with Gasteiger partial charge in [-0.3, -0.25) is 4.79 Å². The average Bonchev–Trinajstić information content (AvgIpc) is 3.57. The van der Waals surface area contributed by atoms with Crippen LogP contribution in [-0.2, 0) is 9.53 Å². The number of carbonyl (C=O) groups excluding carboxylic acids is 2. The Bertz CT molecular complexity index is 1730. The monoisotopic (exact) mass is 617 g/mol. The van der Waals surface area contributed by atoms with Crippen LogP contribution >= 0.6 is 11.6 Å². The molecule has 0 unspecified atom stereocenters. The maximum Gasteiger partial charge on any atom is 0.408 e. The topological polar surface area (TPSA) is 134 Å². The maximum absolute atomic E-state index is 12.5. The predicted octanol–water partition coefficient (Wildman–Crippen LogP) is 6.65. The predicted molar refractivity (Wildman–Crippen MR) is 174 cm³/mol. The zero-order valence-corrected chi connectivity index (χ0v) is 26.1. The van der Waals surface area contributed by atoms with Gasteiger partial charge in [0.2, 0.25) is 11.9 Å². The zero-order chi connectivity index (χ0) is 31.6. The summed E-state index contributed by atoms with van der Waals surface area (Å²) in [6.45, 7) is 9.55. The third-order valence-electron chi connectivity index (χ3n) is 7.17. The summed E-state index contributed by atoms with van der Waals surface area (Å²) < 4.78 is 11.2. The second-order valence-electron chi connectivity index (χ2n) is 11.8. The number of likely N-dealkylation sites (N-methyl/N-ethyl adjacent to an activating group) is 1. The lowest BCUT2D eigenvalue weighted by atomic mass is 10.1. The molecule has 1 aliphatic carbocycles. The molecule has 2 heterocycles. The molecule has 2 aromatic heterocycles. The molecule has 0 aliphatic heterocycles. The number of ether oxygens (including phenoxy) is 2. The largest absolute Gasteiger partial charge is 0.494 e. The molecule has 12 heteroatoms. The maximum atomic E-state index is 12.5.